The number of hydrogen-bond acceptors (Lipinski definition) is 1. The van der Waals surface area contributed by atoms with E-state index in [0.717, 1.165) is 6.42 Å². The topological polar surface area (TPSA) is 12.9 Å². The quantitative estimate of drug-likeness (QED) is 0.752. The lowest BCUT2D eigenvalue weighted by molar-refractivity contribution is 1.14. The van der Waals surface area contributed by atoms with Crippen LogP contribution in [0.3, 0.4) is 0 Å². The van der Waals surface area contributed by atoms with Gasteiger partial charge < -0.3 is 0 Å². The molecule has 0 aliphatic heterocycles. The number of pyridine rings is 1. The molecule has 0 bridgehead atoms. The van der Waals surface area contributed by atoms with E-state index in [2.05, 4.69) is 42.2 Å². The zero-order chi connectivity index (χ0) is 11.2. The van der Waals surface area contributed by atoms with Crippen LogP contribution in [0.15, 0.2) is 54.9 Å². The molecular formula is C15H14N. The van der Waals surface area contributed by atoms with E-state index in [1.54, 1.807) is 12.3 Å². The molecule has 0 aliphatic rings. The van der Waals surface area contributed by atoms with Crippen molar-refractivity contribution >= 4 is 6.08 Å². The lowest BCUT2D eigenvalue weighted by atomic mass is 10.0. The summed E-state index contributed by atoms with van der Waals surface area (Å²) in [7, 11) is 0. The first kappa shape index (κ1) is 10.6. The Hall–Kier alpha value is -1.89. The highest BCUT2D eigenvalue weighted by Gasteiger charge is 1.95. The molecule has 1 heteroatoms. The van der Waals surface area contributed by atoms with Gasteiger partial charge >= 0.3 is 0 Å². The van der Waals surface area contributed by atoms with E-state index in [-0.39, 0.29) is 0 Å². The summed E-state index contributed by atoms with van der Waals surface area (Å²) in [6.07, 6.45) is 8.43. The van der Waals surface area contributed by atoms with Gasteiger partial charge in [0.15, 0.2) is 0 Å². The van der Waals surface area contributed by atoms with Crippen molar-refractivity contribution in [3.05, 3.63) is 78.5 Å². The van der Waals surface area contributed by atoms with Crippen molar-refractivity contribution in [2.24, 2.45) is 0 Å². The lowest BCUT2D eigenvalue weighted by Gasteiger charge is -2.01. The molecule has 2 aromatic rings. The summed E-state index contributed by atoms with van der Waals surface area (Å²) in [5.41, 5.74) is 3.72. The van der Waals surface area contributed by atoms with Crippen LogP contribution in [0.5, 0.6) is 0 Å². The summed E-state index contributed by atoms with van der Waals surface area (Å²) < 4.78 is 0. The van der Waals surface area contributed by atoms with E-state index in [0.29, 0.717) is 0 Å². The monoisotopic (exact) mass is 208 g/mol. The molecule has 0 saturated heterocycles. The standard InChI is InChI=1S/C15H14N/c1-2-4-13-6-8-14(9-7-13)11-15-5-3-10-16-12-15/h2-10,12H,1,11H2. The molecule has 0 amide bonds. The van der Waals surface area contributed by atoms with Crippen LogP contribution in [-0.2, 0) is 6.42 Å². The Bertz CT molecular complexity index is 455. The van der Waals surface area contributed by atoms with Gasteiger partial charge in [-0.05, 0) is 36.1 Å². The van der Waals surface area contributed by atoms with Gasteiger partial charge in [-0.15, -0.1) is 0 Å². The molecule has 1 heterocycles. The van der Waals surface area contributed by atoms with Crippen LogP contribution in [0.1, 0.15) is 16.7 Å². The average Bonchev–Trinajstić information content (AvgIpc) is 2.33. The van der Waals surface area contributed by atoms with Crippen LogP contribution in [0.25, 0.3) is 6.08 Å². The molecule has 16 heavy (non-hydrogen) atoms. The summed E-state index contributed by atoms with van der Waals surface area (Å²) in [6, 6.07) is 12.6. The zero-order valence-corrected chi connectivity index (χ0v) is 9.13. The third kappa shape index (κ3) is 2.80. The molecule has 0 spiro atoms. The molecule has 0 atom stereocenters. The van der Waals surface area contributed by atoms with Crippen LogP contribution in [0, 0.1) is 6.92 Å². The lowest BCUT2D eigenvalue weighted by Crippen LogP contribution is -1.88. The summed E-state index contributed by atoms with van der Waals surface area (Å²) in [4.78, 5) is 4.11. The first-order chi connectivity index (χ1) is 7.88. The Labute approximate surface area is 96.5 Å². The van der Waals surface area contributed by atoms with Gasteiger partial charge in [-0.3, -0.25) is 4.98 Å². The average molecular weight is 208 g/mol. The van der Waals surface area contributed by atoms with Gasteiger partial charge in [0.25, 0.3) is 0 Å². The van der Waals surface area contributed by atoms with Crippen LogP contribution in [0.2, 0.25) is 0 Å². The molecule has 0 fully saturated rings. The van der Waals surface area contributed by atoms with Crippen molar-refractivity contribution in [3.8, 4) is 0 Å². The Morgan fingerprint density at radius 3 is 2.50 bits per heavy atom. The number of hydrogen-bond donors (Lipinski definition) is 0. The Kier molecular flexibility index (Phi) is 3.50. The van der Waals surface area contributed by atoms with E-state index in [4.69, 9.17) is 0 Å². The summed E-state index contributed by atoms with van der Waals surface area (Å²) in [6.45, 7) is 3.68. The first-order valence-corrected chi connectivity index (χ1v) is 5.32. The van der Waals surface area contributed by atoms with E-state index in [1.165, 1.54) is 16.7 Å². The predicted molar refractivity (Wildman–Crippen MR) is 67.9 cm³/mol. The van der Waals surface area contributed by atoms with Gasteiger partial charge in [0.2, 0.25) is 0 Å². The van der Waals surface area contributed by atoms with E-state index in [1.807, 2.05) is 18.3 Å². The van der Waals surface area contributed by atoms with Gasteiger partial charge in [0.1, 0.15) is 0 Å². The molecule has 0 saturated carbocycles. The molecule has 1 aromatic heterocycles. The van der Waals surface area contributed by atoms with Crippen LogP contribution in [0.4, 0.5) is 0 Å². The molecule has 0 aliphatic carbocycles. The number of benzene rings is 1. The maximum absolute atomic E-state index is 4.11. The highest BCUT2D eigenvalue weighted by atomic mass is 14.6. The summed E-state index contributed by atoms with van der Waals surface area (Å²) in [5, 5.41) is 0. The minimum atomic E-state index is 0.933. The van der Waals surface area contributed by atoms with Gasteiger partial charge in [0.05, 0.1) is 0 Å². The number of aromatic nitrogens is 1. The fourth-order valence-corrected chi connectivity index (χ4v) is 1.62. The minimum absolute atomic E-state index is 0.933. The molecule has 0 unspecified atom stereocenters. The normalized spacial score (nSPS) is 10.8. The van der Waals surface area contributed by atoms with Gasteiger partial charge in [-0.1, -0.05) is 42.5 Å². The maximum atomic E-state index is 4.11. The zero-order valence-electron chi connectivity index (χ0n) is 9.13. The van der Waals surface area contributed by atoms with E-state index < -0.39 is 0 Å². The molecule has 1 nitrogen and oxygen atoms in total. The van der Waals surface area contributed by atoms with Crippen molar-refractivity contribution in [1.82, 2.24) is 4.98 Å². The Balaban J connectivity index is 2.11. The second-order valence-electron chi connectivity index (χ2n) is 3.68. The number of nitrogens with zero attached hydrogens (tertiary/aromatic N) is 1. The third-order valence-corrected chi connectivity index (χ3v) is 2.42. The molecule has 79 valence electrons. The number of rotatable bonds is 3. The molecule has 1 radical (unpaired) electrons. The highest BCUT2D eigenvalue weighted by molar-refractivity contribution is 5.50. The number of allylic oxidation sites excluding steroid dienone is 1. The van der Waals surface area contributed by atoms with Crippen LogP contribution in [-0.4, -0.2) is 4.98 Å². The second kappa shape index (κ2) is 5.26. The first-order valence-electron chi connectivity index (χ1n) is 5.32. The highest BCUT2D eigenvalue weighted by Crippen LogP contribution is 2.10. The molecule has 1 aromatic carbocycles. The smallest absolute Gasteiger partial charge is 0.0303 e. The molecule has 0 N–H and O–H groups in total. The minimum Gasteiger partial charge on any atom is -0.264 e. The molecular weight excluding hydrogens is 194 g/mol. The van der Waals surface area contributed by atoms with Crippen LogP contribution < -0.4 is 0 Å². The van der Waals surface area contributed by atoms with Crippen molar-refractivity contribution < 1.29 is 0 Å². The fourth-order valence-electron chi connectivity index (χ4n) is 1.62. The summed E-state index contributed by atoms with van der Waals surface area (Å²) in [5.74, 6) is 0. The van der Waals surface area contributed by atoms with Gasteiger partial charge in [0, 0.05) is 12.4 Å². The predicted octanol–water partition coefficient (Wildman–Crippen LogP) is 3.52. The molecule has 2 rings (SSSR count). The summed E-state index contributed by atoms with van der Waals surface area (Å²) >= 11 is 0. The van der Waals surface area contributed by atoms with E-state index in [9.17, 15) is 0 Å². The third-order valence-electron chi connectivity index (χ3n) is 2.42. The van der Waals surface area contributed by atoms with Gasteiger partial charge in [-0.2, -0.15) is 0 Å². The largest absolute Gasteiger partial charge is 0.264 e. The second-order valence-corrected chi connectivity index (χ2v) is 3.68. The van der Waals surface area contributed by atoms with Crippen molar-refractivity contribution in [3.63, 3.8) is 0 Å². The Morgan fingerprint density at radius 1 is 1.06 bits per heavy atom. The van der Waals surface area contributed by atoms with Gasteiger partial charge in [-0.25, -0.2) is 0 Å². The van der Waals surface area contributed by atoms with E-state index >= 15 is 0 Å². The fraction of sp³-hybridized carbons (Fsp3) is 0.0667. The van der Waals surface area contributed by atoms with Crippen molar-refractivity contribution in [2.45, 2.75) is 6.42 Å². The Morgan fingerprint density at radius 2 is 1.88 bits per heavy atom. The SMILES string of the molecule is [CH2]C=Cc1ccc(Cc2cccnc2)cc1. The maximum Gasteiger partial charge on any atom is 0.0303 e. The van der Waals surface area contributed by atoms with Crippen molar-refractivity contribution in [1.29, 1.82) is 0 Å². The van der Waals surface area contributed by atoms with Crippen LogP contribution >= 0.6 is 0 Å². The van der Waals surface area contributed by atoms with Crippen molar-refractivity contribution in [2.75, 3.05) is 0 Å².